The first-order valence-corrected chi connectivity index (χ1v) is 8.20. The van der Waals surface area contributed by atoms with Crippen LogP contribution >= 0.6 is 0 Å². The number of benzene rings is 1. The first-order chi connectivity index (χ1) is 11.5. The Labute approximate surface area is 140 Å². The third-order valence-electron chi connectivity index (χ3n) is 4.56. The van der Waals surface area contributed by atoms with Gasteiger partial charge in [-0.2, -0.15) is 0 Å². The molecule has 1 saturated carbocycles. The molecule has 1 aliphatic carbocycles. The second-order valence-electron chi connectivity index (χ2n) is 6.48. The van der Waals surface area contributed by atoms with E-state index < -0.39 is 10.7 Å². The van der Waals surface area contributed by atoms with Crippen LogP contribution in [0.1, 0.15) is 18.4 Å². The number of hydrogen-bond donors (Lipinski definition) is 1. The smallest absolute Gasteiger partial charge is 0.295 e. The lowest BCUT2D eigenvalue weighted by molar-refractivity contribution is -0.384. The molecule has 2 aliphatic rings. The molecule has 132 valence electrons. The lowest BCUT2D eigenvalue weighted by atomic mass is 10.1. The molecular formula is C16H23FN4O3. The zero-order chi connectivity index (χ0) is 17.3. The monoisotopic (exact) mass is 338 g/mol. The third-order valence-corrected chi connectivity index (χ3v) is 4.56. The van der Waals surface area contributed by atoms with E-state index in [-0.39, 0.29) is 18.3 Å². The standard InChI is InChI=1S/C16H23FN4O3/c1-19-5-7-20(8-6-19)16-12(10-24-2)15(18-11-3-4-11)14(21(22)23)9-13(16)17/h9,11,18H,3-8,10H2,1-2H3. The van der Waals surface area contributed by atoms with E-state index in [2.05, 4.69) is 10.2 Å². The molecule has 0 amide bonds. The number of nitrogens with one attached hydrogen (secondary N) is 1. The molecule has 24 heavy (non-hydrogen) atoms. The van der Waals surface area contributed by atoms with Crippen molar-refractivity contribution in [2.24, 2.45) is 0 Å². The summed E-state index contributed by atoms with van der Waals surface area (Å²) in [4.78, 5) is 15.0. The van der Waals surface area contributed by atoms with Crippen LogP contribution < -0.4 is 10.2 Å². The molecule has 1 aromatic rings. The van der Waals surface area contributed by atoms with Gasteiger partial charge < -0.3 is 19.9 Å². The maximum absolute atomic E-state index is 14.8. The lowest BCUT2D eigenvalue weighted by Gasteiger charge is -2.35. The van der Waals surface area contributed by atoms with Gasteiger partial charge in [0.05, 0.1) is 23.3 Å². The number of halogens is 1. The van der Waals surface area contributed by atoms with Crippen molar-refractivity contribution in [3.05, 3.63) is 27.6 Å². The highest BCUT2D eigenvalue weighted by atomic mass is 19.1. The van der Waals surface area contributed by atoms with Crippen molar-refractivity contribution in [2.75, 3.05) is 50.6 Å². The minimum Gasteiger partial charge on any atom is -0.380 e. The van der Waals surface area contributed by atoms with Gasteiger partial charge in [0.15, 0.2) is 5.82 Å². The van der Waals surface area contributed by atoms with Crippen molar-refractivity contribution >= 4 is 17.1 Å². The molecule has 1 N–H and O–H groups in total. The van der Waals surface area contributed by atoms with Crippen molar-refractivity contribution in [1.29, 1.82) is 0 Å². The second kappa shape index (κ2) is 6.90. The molecule has 0 radical (unpaired) electrons. The fraction of sp³-hybridized carbons (Fsp3) is 0.625. The van der Waals surface area contributed by atoms with Gasteiger partial charge >= 0.3 is 0 Å². The van der Waals surface area contributed by atoms with Crippen LogP contribution in [0.2, 0.25) is 0 Å². The van der Waals surface area contributed by atoms with Gasteiger partial charge in [-0.05, 0) is 19.9 Å². The van der Waals surface area contributed by atoms with Gasteiger partial charge in [0.2, 0.25) is 0 Å². The Balaban J connectivity index is 2.06. The molecule has 0 spiro atoms. The minimum atomic E-state index is -0.556. The predicted octanol–water partition coefficient (Wildman–Crippen LogP) is 2.21. The molecule has 1 saturated heterocycles. The van der Waals surface area contributed by atoms with Gasteiger partial charge in [-0.15, -0.1) is 0 Å². The van der Waals surface area contributed by atoms with Gasteiger partial charge in [0.1, 0.15) is 5.69 Å². The molecular weight excluding hydrogens is 315 g/mol. The quantitative estimate of drug-likeness (QED) is 0.633. The van der Waals surface area contributed by atoms with Crippen LogP contribution in [-0.4, -0.2) is 56.2 Å². The maximum Gasteiger partial charge on any atom is 0.295 e. The highest BCUT2D eigenvalue weighted by Crippen LogP contribution is 2.41. The Kier molecular flexibility index (Phi) is 4.86. The first-order valence-electron chi connectivity index (χ1n) is 8.20. The van der Waals surface area contributed by atoms with E-state index in [4.69, 9.17) is 4.74 Å². The molecule has 7 nitrogen and oxygen atoms in total. The number of methoxy groups -OCH3 is 1. The Morgan fingerprint density at radius 2 is 2.04 bits per heavy atom. The lowest BCUT2D eigenvalue weighted by Crippen LogP contribution is -2.45. The Bertz CT molecular complexity index is 628. The van der Waals surface area contributed by atoms with E-state index in [0.717, 1.165) is 32.0 Å². The second-order valence-corrected chi connectivity index (χ2v) is 6.48. The molecule has 2 fully saturated rings. The number of anilines is 2. The summed E-state index contributed by atoms with van der Waals surface area (Å²) in [7, 11) is 3.55. The maximum atomic E-state index is 14.8. The molecule has 3 rings (SSSR count). The highest BCUT2D eigenvalue weighted by molar-refractivity contribution is 5.77. The average Bonchev–Trinajstić information content (AvgIpc) is 3.35. The van der Waals surface area contributed by atoms with E-state index >= 15 is 0 Å². The normalized spacial score (nSPS) is 18.7. The van der Waals surface area contributed by atoms with Crippen LogP contribution in [0, 0.1) is 15.9 Å². The topological polar surface area (TPSA) is 70.9 Å². The van der Waals surface area contributed by atoms with Crippen LogP contribution in [0.4, 0.5) is 21.5 Å². The van der Waals surface area contributed by atoms with Crippen molar-refractivity contribution in [1.82, 2.24) is 4.90 Å². The van der Waals surface area contributed by atoms with Crippen molar-refractivity contribution in [3.8, 4) is 0 Å². The largest absolute Gasteiger partial charge is 0.380 e. The highest BCUT2D eigenvalue weighted by Gasteiger charge is 2.32. The summed E-state index contributed by atoms with van der Waals surface area (Å²) in [5.41, 5.74) is 1.16. The molecule has 1 heterocycles. The van der Waals surface area contributed by atoms with Crippen molar-refractivity contribution < 1.29 is 14.1 Å². The van der Waals surface area contributed by atoms with Crippen LogP contribution in [0.3, 0.4) is 0 Å². The van der Waals surface area contributed by atoms with Gasteiger partial charge in [-0.25, -0.2) is 4.39 Å². The number of piperazine rings is 1. The van der Waals surface area contributed by atoms with E-state index in [0.29, 0.717) is 30.0 Å². The van der Waals surface area contributed by atoms with Crippen molar-refractivity contribution in [3.63, 3.8) is 0 Å². The summed E-state index contributed by atoms with van der Waals surface area (Å²) in [5.74, 6) is -0.556. The van der Waals surface area contributed by atoms with Crippen LogP contribution in [0.15, 0.2) is 6.07 Å². The zero-order valence-corrected chi connectivity index (χ0v) is 14.0. The van der Waals surface area contributed by atoms with E-state index in [9.17, 15) is 14.5 Å². The average molecular weight is 338 g/mol. The number of ether oxygens (including phenoxy) is 1. The van der Waals surface area contributed by atoms with Gasteiger partial charge in [-0.1, -0.05) is 0 Å². The van der Waals surface area contributed by atoms with E-state index in [1.165, 1.54) is 7.11 Å². The SMILES string of the molecule is COCc1c(NC2CC2)c([N+](=O)[O-])cc(F)c1N1CCN(C)CC1. The van der Waals surface area contributed by atoms with Gasteiger partial charge in [0.25, 0.3) is 5.69 Å². The minimum absolute atomic E-state index is 0.134. The van der Waals surface area contributed by atoms with Crippen LogP contribution in [0.25, 0.3) is 0 Å². The molecule has 0 unspecified atom stereocenters. The Morgan fingerprint density at radius 1 is 1.38 bits per heavy atom. The van der Waals surface area contributed by atoms with Crippen molar-refractivity contribution in [2.45, 2.75) is 25.5 Å². The zero-order valence-electron chi connectivity index (χ0n) is 14.0. The summed E-state index contributed by atoms with van der Waals surface area (Å²) in [6.07, 6.45) is 1.95. The molecule has 8 heteroatoms. The summed E-state index contributed by atoms with van der Waals surface area (Å²) < 4.78 is 20.0. The summed E-state index contributed by atoms with van der Waals surface area (Å²) >= 11 is 0. The van der Waals surface area contributed by atoms with E-state index in [1.54, 1.807) is 0 Å². The number of nitrogens with zero attached hydrogens (tertiary/aromatic N) is 3. The molecule has 0 bridgehead atoms. The molecule has 0 aromatic heterocycles. The number of rotatable bonds is 6. The first kappa shape index (κ1) is 16.9. The molecule has 0 atom stereocenters. The Morgan fingerprint density at radius 3 is 2.58 bits per heavy atom. The number of nitro benzene ring substituents is 1. The fourth-order valence-electron chi connectivity index (χ4n) is 3.07. The summed E-state index contributed by atoms with van der Waals surface area (Å²) in [6, 6.07) is 1.27. The predicted molar refractivity (Wildman–Crippen MR) is 90.1 cm³/mol. The number of likely N-dealkylation sites (N-methyl/N-ethyl adjacent to an activating group) is 1. The molecule has 1 aromatic carbocycles. The number of hydrogen-bond acceptors (Lipinski definition) is 6. The Hall–Kier alpha value is -1.93. The van der Waals surface area contributed by atoms with E-state index in [1.807, 2.05) is 11.9 Å². The summed E-state index contributed by atoms with van der Waals surface area (Å²) in [6.45, 7) is 3.16. The number of nitro groups is 1. The molecule has 1 aliphatic heterocycles. The van der Waals surface area contributed by atoms with Crippen LogP contribution in [-0.2, 0) is 11.3 Å². The van der Waals surface area contributed by atoms with Crippen LogP contribution in [0.5, 0.6) is 0 Å². The third kappa shape index (κ3) is 3.44. The van der Waals surface area contributed by atoms with Gasteiger partial charge in [-0.3, -0.25) is 10.1 Å². The van der Waals surface area contributed by atoms with Gasteiger partial charge in [0, 0.05) is 44.9 Å². The fourth-order valence-corrected chi connectivity index (χ4v) is 3.07. The summed E-state index contributed by atoms with van der Waals surface area (Å²) in [5, 5.41) is 14.6.